The van der Waals surface area contributed by atoms with Crippen molar-refractivity contribution in [2.45, 2.75) is 0 Å². The molecular formula is C14H11N3O7. The first kappa shape index (κ1) is 16.7. The number of rotatable bonds is 5. The van der Waals surface area contributed by atoms with Gasteiger partial charge in [-0.05, 0) is 24.3 Å². The highest BCUT2D eigenvalue weighted by Crippen LogP contribution is 2.34. The van der Waals surface area contributed by atoms with Crippen molar-refractivity contribution >= 4 is 23.0 Å². The number of anilines is 1. The number of hydrogen-bond acceptors (Lipinski definition) is 7. The second-order valence-corrected chi connectivity index (χ2v) is 4.56. The molecule has 0 atom stereocenters. The Morgan fingerprint density at radius 3 is 2.25 bits per heavy atom. The van der Waals surface area contributed by atoms with E-state index in [-0.39, 0.29) is 0 Å². The van der Waals surface area contributed by atoms with Crippen LogP contribution < -0.4 is 10.1 Å². The summed E-state index contributed by atoms with van der Waals surface area (Å²) in [6.45, 7) is 0. The topological polar surface area (TPSA) is 145 Å². The van der Waals surface area contributed by atoms with E-state index in [1.165, 1.54) is 19.2 Å². The Hall–Kier alpha value is -3.69. The van der Waals surface area contributed by atoms with Gasteiger partial charge in [-0.15, -0.1) is 0 Å². The zero-order chi connectivity index (χ0) is 17.9. The fraction of sp³-hybridized carbons (Fsp3) is 0.0714. The number of ether oxygens (including phenoxy) is 1. The fourth-order valence-electron chi connectivity index (χ4n) is 1.89. The average Bonchev–Trinajstić information content (AvgIpc) is 2.55. The van der Waals surface area contributed by atoms with Crippen molar-refractivity contribution in [1.29, 1.82) is 0 Å². The molecule has 0 fully saturated rings. The quantitative estimate of drug-likeness (QED) is 0.631. The van der Waals surface area contributed by atoms with Crippen molar-refractivity contribution in [3.05, 3.63) is 62.2 Å². The molecular weight excluding hydrogens is 322 g/mol. The number of amides is 1. The largest absolute Gasteiger partial charge is 0.502 e. The smallest absolute Gasteiger partial charge is 0.318 e. The zero-order valence-corrected chi connectivity index (χ0v) is 12.3. The number of carbonyl (C=O) groups is 1. The van der Waals surface area contributed by atoms with E-state index in [1.54, 1.807) is 12.1 Å². The lowest BCUT2D eigenvalue weighted by molar-refractivity contribution is -0.394. The number of aromatic hydroxyl groups is 1. The number of methoxy groups -OCH3 is 1. The normalized spacial score (nSPS) is 10.0. The van der Waals surface area contributed by atoms with Gasteiger partial charge < -0.3 is 15.2 Å². The molecule has 2 aromatic carbocycles. The molecule has 10 nitrogen and oxygen atoms in total. The number of phenolic OH excluding ortho intramolecular Hbond substituents is 1. The van der Waals surface area contributed by atoms with Gasteiger partial charge in [0.05, 0.1) is 28.6 Å². The van der Waals surface area contributed by atoms with Crippen molar-refractivity contribution in [1.82, 2.24) is 0 Å². The van der Waals surface area contributed by atoms with E-state index in [9.17, 15) is 30.1 Å². The lowest BCUT2D eigenvalue weighted by Crippen LogP contribution is -2.13. The fourth-order valence-corrected chi connectivity index (χ4v) is 1.89. The Bertz CT molecular complexity index is 818. The third-order valence-corrected chi connectivity index (χ3v) is 3.07. The van der Waals surface area contributed by atoms with E-state index >= 15 is 0 Å². The third kappa shape index (κ3) is 3.38. The third-order valence-electron chi connectivity index (χ3n) is 3.07. The van der Waals surface area contributed by atoms with Crippen molar-refractivity contribution in [3.63, 3.8) is 0 Å². The summed E-state index contributed by atoms with van der Waals surface area (Å²) in [7, 11) is 1.47. The van der Waals surface area contributed by atoms with Crippen LogP contribution in [0.15, 0.2) is 36.4 Å². The van der Waals surface area contributed by atoms with Gasteiger partial charge in [0.25, 0.3) is 11.6 Å². The number of nitro groups is 2. The van der Waals surface area contributed by atoms with Crippen molar-refractivity contribution in [2.75, 3.05) is 12.4 Å². The van der Waals surface area contributed by atoms with Gasteiger partial charge in [-0.2, -0.15) is 0 Å². The summed E-state index contributed by atoms with van der Waals surface area (Å²) in [4.78, 5) is 32.0. The van der Waals surface area contributed by atoms with E-state index in [1.807, 2.05) is 0 Å². The second kappa shape index (κ2) is 6.60. The molecule has 0 unspecified atom stereocenters. The van der Waals surface area contributed by atoms with Crippen molar-refractivity contribution in [3.8, 4) is 11.5 Å². The van der Waals surface area contributed by atoms with Crippen LogP contribution >= 0.6 is 0 Å². The van der Waals surface area contributed by atoms with Crippen LogP contribution in [0.25, 0.3) is 0 Å². The second-order valence-electron chi connectivity index (χ2n) is 4.56. The molecule has 2 aromatic rings. The van der Waals surface area contributed by atoms with Crippen LogP contribution in [0.4, 0.5) is 17.1 Å². The highest BCUT2D eigenvalue weighted by Gasteiger charge is 2.27. The Kier molecular flexibility index (Phi) is 4.59. The Balaban J connectivity index is 2.40. The molecule has 0 aliphatic rings. The van der Waals surface area contributed by atoms with E-state index in [4.69, 9.17) is 4.74 Å². The maximum absolute atomic E-state index is 12.2. The maximum atomic E-state index is 12.2. The number of carbonyl (C=O) groups excluding carboxylic acids is 1. The molecule has 0 saturated heterocycles. The number of nitrogens with zero attached hydrogens (tertiary/aromatic N) is 2. The summed E-state index contributed by atoms with van der Waals surface area (Å²) >= 11 is 0. The Morgan fingerprint density at radius 2 is 1.75 bits per heavy atom. The number of non-ortho nitro benzene ring substituents is 1. The van der Waals surface area contributed by atoms with Gasteiger partial charge in [0.2, 0.25) is 5.75 Å². The SMILES string of the molecule is COc1ccc(NC(=O)c2cc([N+](=O)[O-])cc([N+](=O)[O-])c2O)cc1. The molecule has 0 spiro atoms. The molecule has 0 aliphatic carbocycles. The highest BCUT2D eigenvalue weighted by atomic mass is 16.6. The van der Waals surface area contributed by atoms with Crippen LogP contribution in [-0.4, -0.2) is 28.0 Å². The van der Waals surface area contributed by atoms with Crippen molar-refractivity contribution < 1.29 is 24.5 Å². The molecule has 0 radical (unpaired) electrons. The molecule has 124 valence electrons. The van der Waals surface area contributed by atoms with Crippen LogP contribution in [0.1, 0.15) is 10.4 Å². The molecule has 2 rings (SSSR count). The predicted molar refractivity (Wildman–Crippen MR) is 82.4 cm³/mol. The van der Waals surface area contributed by atoms with Crippen LogP contribution in [0, 0.1) is 20.2 Å². The summed E-state index contributed by atoms with van der Waals surface area (Å²) in [5.74, 6) is -1.33. The van der Waals surface area contributed by atoms with E-state index in [0.29, 0.717) is 17.5 Å². The number of nitro benzene ring substituents is 2. The van der Waals surface area contributed by atoms with E-state index < -0.39 is 38.4 Å². The van der Waals surface area contributed by atoms with Crippen LogP contribution in [0.3, 0.4) is 0 Å². The van der Waals surface area contributed by atoms with E-state index in [2.05, 4.69) is 5.32 Å². The van der Waals surface area contributed by atoms with Gasteiger partial charge >= 0.3 is 5.69 Å². The minimum Gasteiger partial charge on any atom is -0.502 e. The lowest BCUT2D eigenvalue weighted by Gasteiger charge is -2.08. The summed E-state index contributed by atoms with van der Waals surface area (Å²) in [6, 6.07) is 7.47. The first-order chi connectivity index (χ1) is 11.3. The van der Waals surface area contributed by atoms with E-state index in [0.717, 1.165) is 6.07 Å². The molecule has 0 bridgehead atoms. The van der Waals surface area contributed by atoms with Gasteiger partial charge in [-0.3, -0.25) is 25.0 Å². The Morgan fingerprint density at radius 1 is 1.12 bits per heavy atom. The van der Waals surface area contributed by atoms with Gasteiger partial charge in [-0.1, -0.05) is 0 Å². The molecule has 1 amide bonds. The van der Waals surface area contributed by atoms with Gasteiger partial charge in [0, 0.05) is 11.8 Å². The first-order valence-corrected chi connectivity index (χ1v) is 6.44. The molecule has 0 aliphatic heterocycles. The lowest BCUT2D eigenvalue weighted by atomic mass is 10.1. The molecule has 0 saturated carbocycles. The minimum atomic E-state index is -1.01. The first-order valence-electron chi connectivity index (χ1n) is 6.44. The number of nitrogens with one attached hydrogen (secondary N) is 1. The predicted octanol–water partition coefficient (Wildman–Crippen LogP) is 2.47. The molecule has 10 heteroatoms. The van der Waals surface area contributed by atoms with Crippen LogP contribution in [-0.2, 0) is 0 Å². The van der Waals surface area contributed by atoms with Crippen LogP contribution in [0.2, 0.25) is 0 Å². The molecule has 0 heterocycles. The molecule has 2 N–H and O–H groups in total. The minimum absolute atomic E-state index is 0.314. The summed E-state index contributed by atoms with van der Waals surface area (Å²) < 4.78 is 4.96. The Labute approximate surface area is 134 Å². The molecule has 0 aromatic heterocycles. The standard InChI is InChI=1S/C14H11N3O7/c1-24-10-4-2-8(3-5-10)15-14(19)11-6-9(16(20)21)7-12(13(11)18)17(22)23/h2-7,18H,1H3,(H,15,19). The summed E-state index contributed by atoms with van der Waals surface area (Å²) in [5.41, 5.74) is -1.87. The van der Waals surface area contributed by atoms with Crippen LogP contribution in [0.5, 0.6) is 11.5 Å². The number of benzene rings is 2. The monoisotopic (exact) mass is 333 g/mol. The number of hydrogen-bond donors (Lipinski definition) is 2. The maximum Gasteiger partial charge on any atom is 0.318 e. The highest BCUT2D eigenvalue weighted by molar-refractivity contribution is 6.07. The van der Waals surface area contributed by atoms with Gasteiger partial charge in [-0.25, -0.2) is 0 Å². The summed E-state index contributed by atoms with van der Waals surface area (Å²) in [6.07, 6.45) is 0. The molecule has 24 heavy (non-hydrogen) atoms. The zero-order valence-electron chi connectivity index (χ0n) is 12.3. The van der Waals surface area contributed by atoms with Gasteiger partial charge in [0.15, 0.2) is 0 Å². The van der Waals surface area contributed by atoms with Gasteiger partial charge in [0.1, 0.15) is 5.75 Å². The number of phenols is 1. The average molecular weight is 333 g/mol. The summed E-state index contributed by atoms with van der Waals surface area (Å²) in [5, 5.41) is 34.0. The van der Waals surface area contributed by atoms with Crippen molar-refractivity contribution in [2.24, 2.45) is 0 Å².